The first-order valence-electron chi connectivity index (χ1n) is 5.83. The molecule has 0 aliphatic carbocycles. The normalized spacial score (nSPS) is 19.3. The molecule has 18 heavy (non-hydrogen) atoms. The summed E-state index contributed by atoms with van der Waals surface area (Å²) in [4.78, 5) is 11.1. The van der Waals surface area contributed by atoms with Crippen molar-refractivity contribution in [2.75, 3.05) is 33.9 Å². The summed E-state index contributed by atoms with van der Waals surface area (Å²) in [5.74, 6) is 1.01. The zero-order valence-electron chi connectivity index (χ0n) is 10.6. The summed E-state index contributed by atoms with van der Waals surface area (Å²) in [6.45, 7) is 2.24. The molecule has 1 unspecified atom stereocenters. The second-order valence-electron chi connectivity index (χ2n) is 4.03. The zero-order valence-corrected chi connectivity index (χ0v) is 10.6. The maximum atomic E-state index is 11.1. The molecule has 2 rings (SSSR count). The molecule has 1 aromatic rings. The molecule has 1 N–H and O–H groups in total. The van der Waals surface area contributed by atoms with Crippen LogP contribution in [-0.2, 0) is 4.74 Å². The van der Waals surface area contributed by atoms with Crippen molar-refractivity contribution in [2.24, 2.45) is 0 Å². The molecule has 1 heterocycles. The van der Waals surface area contributed by atoms with Crippen LogP contribution >= 0.6 is 0 Å². The lowest BCUT2D eigenvalue weighted by atomic mass is 10.0. The van der Waals surface area contributed by atoms with Gasteiger partial charge in [0.15, 0.2) is 17.8 Å². The van der Waals surface area contributed by atoms with Crippen molar-refractivity contribution in [3.05, 3.63) is 23.3 Å². The van der Waals surface area contributed by atoms with Crippen LogP contribution in [0.4, 0.5) is 0 Å². The van der Waals surface area contributed by atoms with Gasteiger partial charge in [-0.25, -0.2) is 0 Å². The predicted molar refractivity (Wildman–Crippen MR) is 66.5 cm³/mol. The predicted octanol–water partition coefficient (Wildman–Crippen LogP) is 1.18. The fourth-order valence-corrected chi connectivity index (χ4v) is 2.07. The maximum absolute atomic E-state index is 11.1. The highest BCUT2D eigenvalue weighted by molar-refractivity contribution is 5.81. The van der Waals surface area contributed by atoms with Crippen molar-refractivity contribution < 1.29 is 19.0 Å². The minimum Gasteiger partial charge on any atom is -0.493 e. The fourth-order valence-electron chi connectivity index (χ4n) is 2.07. The Morgan fingerprint density at radius 1 is 1.39 bits per heavy atom. The molecule has 0 saturated carbocycles. The summed E-state index contributed by atoms with van der Waals surface area (Å²) in [7, 11) is 3.07. The number of hydrogen-bond acceptors (Lipinski definition) is 5. The lowest BCUT2D eigenvalue weighted by Crippen LogP contribution is -2.33. The van der Waals surface area contributed by atoms with Crippen molar-refractivity contribution in [3.8, 4) is 11.5 Å². The Morgan fingerprint density at radius 3 is 2.78 bits per heavy atom. The van der Waals surface area contributed by atoms with Gasteiger partial charge < -0.3 is 19.5 Å². The van der Waals surface area contributed by atoms with E-state index in [4.69, 9.17) is 14.2 Å². The van der Waals surface area contributed by atoms with Gasteiger partial charge in [-0.05, 0) is 17.7 Å². The van der Waals surface area contributed by atoms with Gasteiger partial charge in [-0.3, -0.25) is 4.79 Å². The van der Waals surface area contributed by atoms with Crippen LogP contribution in [-0.4, -0.2) is 40.2 Å². The molecule has 0 bridgehead atoms. The summed E-state index contributed by atoms with van der Waals surface area (Å²) >= 11 is 0. The molecule has 1 saturated heterocycles. The fraction of sp³-hybridized carbons (Fsp3) is 0.462. The molecule has 0 amide bonds. The third kappa shape index (κ3) is 2.47. The van der Waals surface area contributed by atoms with Gasteiger partial charge in [-0.2, -0.15) is 0 Å². The topological polar surface area (TPSA) is 56.8 Å². The van der Waals surface area contributed by atoms with E-state index in [0.29, 0.717) is 23.7 Å². The van der Waals surface area contributed by atoms with Crippen molar-refractivity contribution in [3.63, 3.8) is 0 Å². The Kier molecular flexibility index (Phi) is 4.17. The lowest BCUT2D eigenvalue weighted by molar-refractivity contribution is 0.0275. The van der Waals surface area contributed by atoms with Crippen LogP contribution < -0.4 is 14.8 Å². The van der Waals surface area contributed by atoms with Crippen molar-refractivity contribution in [1.29, 1.82) is 0 Å². The van der Waals surface area contributed by atoms with Crippen molar-refractivity contribution in [1.82, 2.24) is 5.32 Å². The standard InChI is InChI=1S/C13H17NO4/c1-16-11-6-9(12-7-14-3-4-18-12)5-10(8-15)13(11)17-2/h5-6,8,12,14H,3-4,7H2,1-2H3. The number of ether oxygens (including phenoxy) is 3. The Bertz CT molecular complexity index is 427. The van der Waals surface area contributed by atoms with Gasteiger partial charge in [-0.15, -0.1) is 0 Å². The Morgan fingerprint density at radius 2 is 2.22 bits per heavy atom. The second-order valence-corrected chi connectivity index (χ2v) is 4.03. The van der Waals surface area contributed by atoms with E-state index < -0.39 is 0 Å². The number of nitrogens with one attached hydrogen (secondary N) is 1. The Balaban J connectivity index is 2.38. The van der Waals surface area contributed by atoms with Gasteiger partial charge in [0.2, 0.25) is 0 Å². The SMILES string of the molecule is COc1cc(C2CNCCO2)cc(C=O)c1OC. The number of carbonyl (C=O) groups excluding carboxylic acids is 1. The number of methoxy groups -OCH3 is 2. The van der Waals surface area contributed by atoms with Gasteiger partial charge in [0.1, 0.15) is 0 Å². The van der Waals surface area contributed by atoms with E-state index in [-0.39, 0.29) is 6.10 Å². The first-order chi connectivity index (χ1) is 8.80. The van der Waals surface area contributed by atoms with Gasteiger partial charge in [0.25, 0.3) is 0 Å². The summed E-state index contributed by atoms with van der Waals surface area (Å²) in [6.07, 6.45) is 0.707. The van der Waals surface area contributed by atoms with Gasteiger partial charge in [0, 0.05) is 13.1 Å². The zero-order chi connectivity index (χ0) is 13.0. The largest absolute Gasteiger partial charge is 0.493 e. The van der Waals surface area contributed by atoms with E-state index in [9.17, 15) is 4.79 Å². The number of hydrogen-bond donors (Lipinski definition) is 1. The first kappa shape index (κ1) is 12.9. The van der Waals surface area contributed by atoms with Gasteiger partial charge >= 0.3 is 0 Å². The van der Waals surface area contributed by atoms with Crippen LogP contribution in [0.25, 0.3) is 0 Å². The highest BCUT2D eigenvalue weighted by Gasteiger charge is 2.20. The van der Waals surface area contributed by atoms with Gasteiger partial charge in [0.05, 0.1) is 32.5 Å². The van der Waals surface area contributed by atoms with Crippen LogP contribution in [0.15, 0.2) is 12.1 Å². The summed E-state index contributed by atoms with van der Waals surface area (Å²) in [5, 5.41) is 3.25. The minimum absolute atomic E-state index is 0.0581. The summed E-state index contributed by atoms with van der Waals surface area (Å²) in [5.41, 5.74) is 1.39. The average molecular weight is 251 g/mol. The number of carbonyl (C=O) groups is 1. The molecule has 0 spiro atoms. The van der Waals surface area contributed by atoms with E-state index in [1.807, 2.05) is 6.07 Å². The number of morpholine rings is 1. The average Bonchev–Trinajstić information content (AvgIpc) is 2.46. The molecular weight excluding hydrogens is 234 g/mol. The quantitative estimate of drug-likeness (QED) is 0.814. The van der Waals surface area contributed by atoms with E-state index in [0.717, 1.165) is 24.9 Å². The monoisotopic (exact) mass is 251 g/mol. The van der Waals surface area contributed by atoms with Crippen molar-refractivity contribution >= 4 is 6.29 Å². The summed E-state index contributed by atoms with van der Waals surface area (Å²) in [6, 6.07) is 3.63. The third-order valence-corrected chi connectivity index (χ3v) is 2.96. The van der Waals surface area contributed by atoms with Crippen molar-refractivity contribution in [2.45, 2.75) is 6.10 Å². The maximum Gasteiger partial charge on any atom is 0.171 e. The van der Waals surface area contributed by atoms with Crippen LogP contribution in [0, 0.1) is 0 Å². The second kappa shape index (κ2) is 5.84. The van der Waals surface area contributed by atoms with Crippen LogP contribution in [0.2, 0.25) is 0 Å². The van der Waals surface area contributed by atoms with E-state index in [2.05, 4.69) is 5.32 Å². The van der Waals surface area contributed by atoms with E-state index in [1.165, 1.54) is 7.11 Å². The molecule has 0 radical (unpaired) electrons. The first-order valence-corrected chi connectivity index (χ1v) is 5.83. The molecule has 1 aliphatic heterocycles. The Hall–Kier alpha value is -1.59. The smallest absolute Gasteiger partial charge is 0.171 e. The molecule has 0 aromatic heterocycles. The highest BCUT2D eigenvalue weighted by atomic mass is 16.5. The molecule has 5 heteroatoms. The molecule has 1 aromatic carbocycles. The molecule has 1 aliphatic rings. The minimum atomic E-state index is -0.0581. The molecule has 98 valence electrons. The molecule has 1 atom stereocenters. The molecular formula is C13H17NO4. The summed E-state index contributed by atoms with van der Waals surface area (Å²) < 4.78 is 16.1. The molecule has 1 fully saturated rings. The van der Waals surface area contributed by atoms with Crippen LogP contribution in [0.5, 0.6) is 11.5 Å². The van der Waals surface area contributed by atoms with Crippen LogP contribution in [0.3, 0.4) is 0 Å². The Labute approximate surface area is 106 Å². The number of benzene rings is 1. The highest BCUT2D eigenvalue weighted by Crippen LogP contribution is 2.34. The lowest BCUT2D eigenvalue weighted by Gasteiger charge is -2.25. The van der Waals surface area contributed by atoms with E-state index >= 15 is 0 Å². The number of rotatable bonds is 4. The molecule has 5 nitrogen and oxygen atoms in total. The van der Waals surface area contributed by atoms with Crippen LogP contribution in [0.1, 0.15) is 22.0 Å². The third-order valence-electron chi connectivity index (χ3n) is 2.96. The van der Waals surface area contributed by atoms with Gasteiger partial charge in [-0.1, -0.05) is 0 Å². The van der Waals surface area contributed by atoms with E-state index in [1.54, 1.807) is 13.2 Å². The number of aldehydes is 1.